The van der Waals surface area contributed by atoms with E-state index in [0.717, 1.165) is 12.0 Å². The fourth-order valence-corrected chi connectivity index (χ4v) is 5.40. The zero-order chi connectivity index (χ0) is 18.0. The molecule has 2 fully saturated rings. The first-order valence-electron chi connectivity index (χ1n) is 8.65. The summed E-state index contributed by atoms with van der Waals surface area (Å²) in [7, 11) is 0. The molecule has 0 radical (unpaired) electrons. The van der Waals surface area contributed by atoms with Crippen molar-refractivity contribution < 1.29 is 9.59 Å². The Kier molecular flexibility index (Phi) is 3.53. The van der Waals surface area contributed by atoms with E-state index in [0.29, 0.717) is 15.7 Å². The van der Waals surface area contributed by atoms with Crippen LogP contribution in [0.4, 0.5) is 5.69 Å². The van der Waals surface area contributed by atoms with Gasteiger partial charge in [-0.15, -0.1) is 0 Å². The van der Waals surface area contributed by atoms with Gasteiger partial charge in [-0.3, -0.25) is 9.59 Å². The summed E-state index contributed by atoms with van der Waals surface area (Å²) in [5.74, 6) is -0.593. The third-order valence-corrected chi connectivity index (χ3v) is 6.26. The Morgan fingerprint density at radius 2 is 1.54 bits per heavy atom. The lowest BCUT2D eigenvalue weighted by molar-refractivity contribution is -0.123. The number of imide groups is 1. The first-order chi connectivity index (χ1) is 12.5. The molecule has 0 aromatic heterocycles. The molecular formula is C21H15Cl2NO2. The van der Waals surface area contributed by atoms with Gasteiger partial charge in [-0.2, -0.15) is 0 Å². The smallest absolute Gasteiger partial charge is 0.238 e. The minimum atomic E-state index is -0.287. The molecule has 1 aliphatic heterocycles. The number of fused-ring (bicyclic) bond motifs is 5. The minimum absolute atomic E-state index is 0.100. The maximum Gasteiger partial charge on any atom is 0.238 e. The van der Waals surface area contributed by atoms with Crippen LogP contribution in [0.1, 0.15) is 12.0 Å². The molecule has 1 heterocycles. The summed E-state index contributed by atoms with van der Waals surface area (Å²) in [5.41, 5.74) is 2.81. The molecule has 3 nitrogen and oxygen atoms in total. The van der Waals surface area contributed by atoms with Crippen LogP contribution in [0.5, 0.6) is 0 Å². The lowest BCUT2D eigenvalue weighted by atomic mass is 9.79. The standard InChI is InChI=1S/C21H15Cl2NO2/c22-13-8-14(23)10-15(9-13)24-20(25)18-12-6-16(11-4-2-1-3-5-11)17(7-12)19(18)21(24)26/h1-6,8-10,12,17-19H,7H2/t12?,17?,18-,19+/m0/s1. The molecule has 2 unspecified atom stereocenters. The maximum absolute atomic E-state index is 13.2. The first kappa shape index (κ1) is 16.1. The van der Waals surface area contributed by atoms with E-state index in [1.54, 1.807) is 18.2 Å². The number of anilines is 1. The summed E-state index contributed by atoms with van der Waals surface area (Å²) in [6.45, 7) is 0. The van der Waals surface area contributed by atoms with Crippen LogP contribution in [-0.4, -0.2) is 11.8 Å². The maximum atomic E-state index is 13.2. The van der Waals surface area contributed by atoms with E-state index in [-0.39, 0.29) is 35.5 Å². The highest BCUT2D eigenvalue weighted by molar-refractivity contribution is 6.35. The predicted molar refractivity (Wildman–Crippen MR) is 102 cm³/mol. The van der Waals surface area contributed by atoms with Gasteiger partial charge in [0.15, 0.2) is 0 Å². The lowest BCUT2D eigenvalue weighted by Crippen LogP contribution is -2.32. The van der Waals surface area contributed by atoms with Gasteiger partial charge in [0.05, 0.1) is 17.5 Å². The Labute approximate surface area is 161 Å². The molecule has 1 saturated carbocycles. The van der Waals surface area contributed by atoms with Crippen LogP contribution in [0.15, 0.2) is 54.6 Å². The van der Waals surface area contributed by atoms with Crippen molar-refractivity contribution in [2.45, 2.75) is 6.42 Å². The molecule has 0 N–H and O–H groups in total. The third-order valence-electron chi connectivity index (χ3n) is 5.82. The highest BCUT2D eigenvalue weighted by atomic mass is 35.5. The predicted octanol–water partition coefficient (Wildman–Crippen LogP) is 4.83. The largest absolute Gasteiger partial charge is 0.274 e. The van der Waals surface area contributed by atoms with E-state index in [2.05, 4.69) is 18.2 Å². The van der Waals surface area contributed by atoms with E-state index < -0.39 is 0 Å². The van der Waals surface area contributed by atoms with Gasteiger partial charge in [-0.05, 0) is 47.6 Å². The van der Waals surface area contributed by atoms with Gasteiger partial charge in [0, 0.05) is 10.0 Å². The van der Waals surface area contributed by atoms with Crippen LogP contribution in [0.3, 0.4) is 0 Å². The van der Waals surface area contributed by atoms with Crippen LogP contribution in [0, 0.1) is 23.7 Å². The molecule has 4 atom stereocenters. The number of benzene rings is 2. The molecule has 2 bridgehead atoms. The highest BCUT2D eigenvalue weighted by Crippen LogP contribution is 2.58. The van der Waals surface area contributed by atoms with Crippen molar-refractivity contribution in [1.82, 2.24) is 0 Å². The molecule has 1 saturated heterocycles. The van der Waals surface area contributed by atoms with Gasteiger partial charge < -0.3 is 0 Å². The monoisotopic (exact) mass is 383 g/mol. The Balaban J connectivity index is 1.53. The molecule has 26 heavy (non-hydrogen) atoms. The van der Waals surface area contributed by atoms with Crippen molar-refractivity contribution >= 4 is 46.3 Å². The van der Waals surface area contributed by atoms with Crippen molar-refractivity contribution in [3.05, 3.63) is 70.2 Å². The average molecular weight is 384 g/mol. The van der Waals surface area contributed by atoms with E-state index >= 15 is 0 Å². The number of rotatable bonds is 2. The van der Waals surface area contributed by atoms with Crippen LogP contribution in [0.25, 0.3) is 5.57 Å². The molecule has 5 rings (SSSR count). The topological polar surface area (TPSA) is 37.4 Å². The molecule has 3 aliphatic rings. The van der Waals surface area contributed by atoms with E-state index in [1.165, 1.54) is 10.5 Å². The fourth-order valence-electron chi connectivity index (χ4n) is 4.88. The molecule has 5 heteroatoms. The molecule has 2 aliphatic carbocycles. The van der Waals surface area contributed by atoms with Crippen LogP contribution in [0.2, 0.25) is 10.0 Å². The number of carbonyl (C=O) groups excluding carboxylic acids is 2. The molecule has 2 amide bonds. The third kappa shape index (κ3) is 2.20. The number of nitrogens with zero attached hydrogens (tertiary/aromatic N) is 1. The van der Waals surface area contributed by atoms with Gasteiger partial charge in [0.2, 0.25) is 11.8 Å². The average Bonchev–Trinajstić information content (AvgIpc) is 3.26. The van der Waals surface area contributed by atoms with Crippen molar-refractivity contribution in [2.24, 2.45) is 23.7 Å². The van der Waals surface area contributed by atoms with E-state index in [9.17, 15) is 9.59 Å². The number of amides is 2. The van der Waals surface area contributed by atoms with Gasteiger partial charge in [0.1, 0.15) is 0 Å². The number of carbonyl (C=O) groups is 2. The van der Waals surface area contributed by atoms with E-state index in [4.69, 9.17) is 23.2 Å². The summed E-state index contributed by atoms with van der Waals surface area (Å²) in [5, 5.41) is 0.826. The normalized spacial score (nSPS) is 29.3. The summed E-state index contributed by atoms with van der Waals surface area (Å²) < 4.78 is 0. The molecular weight excluding hydrogens is 369 g/mol. The lowest BCUT2D eigenvalue weighted by Gasteiger charge is -2.22. The molecule has 0 spiro atoms. The zero-order valence-corrected chi connectivity index (χ0v) is 15.2. The van der Waals surface area contributed by atoms with Crippen LogP contribution in [-0.2, 0) is 9.59 Å². The summed E-state index contributed by atoms with van der Waals surface area (Å²) in [6, 6.07) is 15.0. The zero-order valence-electron chi connectivity index (χ0n) is 13.7. The van der Waals surface area contributed by atoms with Crippen LogP contribution < -0.4 is 4.90 Å². The van der Waals surface area contributed by atoms with Gasteiger partial charge in [-0.1, -0.05) is 59.6 Å². The van der Waals surface area contributed by atoms with Gasteiger partial charge in [-0.25, -0.2) is 4.90 Å². The second-order valence-corrected chi connectivity index (χ2v) is 8.06. The Bertz CT molecular complexity index is 949. The first-order valence-corrected chi connectivity index (χ1v) is 9.41. The van der Waals surface area contributed by atoms with Crippen molar-refractivity contribution in [3.63, 3.8) is 0 Å². The number of halogens is 2. The summed E-state index contributed by atoms with van der Waals surface area (Å²) >= 11 is 12.1. The number of hydrogen-bond donors (Lipinski definition) is 0. The van der Waals surface area contributed by atoms with Crippen molar-refractivity contribution in [3.8, 4) is 0 Å². The van der Waals surface area contributed by atoms with E-state index in [1.807, 2.05) is 18.2 Å². The Hall–Kier alpha value is -2.10. The van der Waals surface area contributed by atoms with Gasteiger partial charge in [0.25, 0.3) is 0 Å². The second-order valence-electron chi connectivity index (χ2n) is 7.19. The van der Waals surface area contributed by atoms with Gasteiger partial charge >= 0.3 is 0 Å². The minimum Gasteiger partial charge on any atom is -0.274 e. The van der Waals surface area contributed by atoms with Crippen molar-refractivity contribution in [1.29, 1.82) is 0 Å². The Morgan fingerprint density at radius 3 is 2.23 bits per heavy atom. The Morgan fingerprint density at radius 1 is 0.885 bits per heavy atom. The summed E-state index contributed by atoms with van der Waals surface area (Å²) in [6.07, 6.45) is 3.07. The summed E-state index contributed by atoms with van der Waals surface area (Å²) in [4.78, 5) is 27.5. The molecule has 2 aromatic carbocycles. The SMILES string of the molecule is O=C1[C@@H]2C3CC(C=C3c3ccccc3)[C@@H]2C(=O)N1c1cc(Cl)cc(Cl)c1. The van der Waals surface area contributed by atoms with Crippen molar-refractivity contribution in [2.75, 3.05) is 4.90 Å². The molecule has 130 valence electrons. The van der Waals surface area contributed by atoms with Crippen LogP contribution >= 0.6 is 23.2 Å². The highest BCUT2D eigenvalue weighted by Gasteiger charge is 2.61. The quantitative estimate of drug-likeness (QED) is 0.696. The number of hydrogen-bond acceptors (Lipinski definition) is 2. The number of allylic oxidation sites excluding steroid dienone is 2. The second kappa shape index (κ2) is 5.70. The molecule has 2 aromatic rings. The fraction of sp³-hybridized carbons (Fsp3) is 0.238.